The maximum Gasteiger partial charge on any atom is 0.255 e. The third-order valence-corrected chi connectivity index (χ3v) is 4.66. The van der Waals surface area contributed by atoms with E-state index >= 15 is 0 Å². The van der Waals surface area contributed by atoms with Crippen molar-refractivity contribution in [1.82, 2.24) is 9.88 Å². The summed E-state index contributed by atoms with van der Waals surface area (Å²) in [5.41, 5.74) is 8.12. The van der Waals surface area contributed by atoms with E-state index in [1.54, 1.807) is 6.26 Å². The Hall–Kier alpha value is -2.14. The van der Waals surface area contributed by atoms with Crippen LogP contribution in [0.5, 0.6) is 0 Å². The maximum atomic E-state index is 12.7. The number of furan rings is 1. The fourth-order valence-electron chi connectivity index (χ4n) is 3.15. The molecule has 23 heavy (non-hydrogen) atoms. The second kappa shape index (κ2) is 6.54. The van der Waals surface area contributed by atoms with Crippen molar-refractivity contribution in [2.45, 2.75) is 32.7 Å². The number of pyridine rings is 1. The number of aryl methyl sites for hydroxylation is 1. The van der Waals surface area contributed by atoms with E-state index in [2.05, 4.69) is 4.98 Å². The molecule has 1 saturated heterocycles. The Morgan fingerprint density at radius 3 is 2.65 bits per heavy atom. The molecule has 0 spiro atoms. The molecule has 1 aliphatic heterocycles. The number of piperidine rings is 1. The molecule has 2 aromatic heterocycles. The number of nitrogens with two attached hydrogens (primary N) is 1. The van der Waals surface area contributed by atoms with E-state index in [0.717, 1.165) is 37.3 Å². The van der Waals surface area contributed by atoms with E-state index < -0.39 is 0 Å². The Labute approximate surface area is 136 Å². The first-order valence-corrected chi connectivity index (χ1v) is 8.12. The van der Waals surface area contributed by atoms with E-state index in [1.807, 2.05) is 43.0 Å². The molecule has 1 fully saturated rings. The van der Waals surface area contributed by atoms with Crippen LogP contribution in [0, 0.1) is 12.8 Å². The Morgan fingerprint density at radius 2 is 2.09 bits per heavy atom. The molecule has 122 valence electrons. The van der Waals surface area contributed by atoms with Gasteiger partial charge in [0.05, 0.1) is 17.5 Å². The van der Waals surface area contributed by atoms with Crippen LogP contribution < -0.4 is 5.73 Å². The van der Waals surface area contributed by atoms with Crippen LogP contribution in [0.3, 0.4) is 0 Å². The van der Waals surface area contributed by atoms with Gasteiger partial charge in [0.15, 0.2) is 5.76 Å². The van der Waals surface area contributed by atoms with Gasteiger partial charge in [0.25, 0.3) is 5.91 Å². The third-order valence-electron chi connectivity index (χ3n) is 4.66. The standard InChI is InChI=1S/C18H23N3O2/c1-12(19)14-7-9-21(10-8-14)18(22)15-5-6-16(20-13(15)2)17-4-3-11-23-17/h3-6,11-12,14H,7-10,19H2,1-2H3. The second-order valence-electron chi connectivity index (χ2n) is 6.30. The number of likely N-dealkylation sites (tertiary alicyclic amines) is 1. The molecule has 3 heterocycles. The minimum atomic E-state index is 0.0594. The molecule has 0 bridgehead atoms. The number of hydrogen-bond donors (Lipinski definition) is 1. The first-order valence-electron chi connectivity index (χ1n) is 8.12. The zero-order valence-corrected chi connectivity index (χ0v) is 13.7. The molecule has 5 heteroatoms. The summed E-state index contributed by atoms with van der Waals surface area (Å²) >= 11 is 0. The van der Waals surface area contributed by atoms with Crippen molar-refractivity contribution in [3.05, 3.63) is 41.8 Å². The SMILES string of the molecule is Cc1nc(-c2ccco2)ccc1C(=O)N1CCC(C(C)N)CC1. The zero-order valence-electron chi connectivity index (χ0n) is 13.7. The molecule has 2 aromatic rings. The Balaban J connectivity index is 1.73. The van der Waals surface area contributed by atoms with Gasteiger partial charge in [-0.1, -0.05) is 0 Å². The molecule has 0 saturated carbocycles. The van der Waals surface area contributed by atoms with E-state index in [1.165, 1.54) is 0 Å². The highest BCUT2D eigenvalue weighted by Gasteiger charge is 2.26. The van der Waals surface area contributed by atoms with Crippen LogP contribution in [0.2, 0.25) is 0 Å². The smallest absolute Gasteiger partial charge is 0.255 e. The first kappa shape index (κ1) is 15.7. The highest BCUT2D eigenvalue weighted by Crippen LogP contribution is 2.23. The number of aromatic nitrogens is 1. The number of hydrogen-bond acceptors (Lipinski definition) is 4. The lowest BCUT2D eigenvalue weighted by Crippen LogP contribution is -2.42. The van der Waals surface area contributed by atoms with E-state index in [9.17, 15) is 4.79 Å². The topological polar surface area (TPSA) is 72.4 Å². The Kier molecular flexibility index (Phi) is 4.48. The summed E-state index contributed by atoms with van der Waals surface area (Å²) in [5, 5.41) is 0. The van der Waals surface area contributed by atoms with Gasteiger partial charge in [-0.2, -0.15) is 0 Å². The molecular weight excluding hydrogens is 290 g/mol. The largest absolute Gasteiger partial charge is 0.463 e. The summed E-state index contributed by atoms with van der Waals surface area (Å²) in [5.74, 6) is 1.29. The van der Waals surface area contributed by atoms with Gasteiger partial charge in [-0.05, 0) is 56.9 Å². The molecular formula is C18H23N3O2. The maximum absolute atomic E-state index is 12.7. The number of nitrogens with zero attached hydrogens (tertiary/aromatic N) is 2. The normalized spacial score (nSPS) is 17.3. The van der Waals surface area contributed by atoms with Crippen LogP contribution in [-0.2, 0) is 0 Å². The van der Waals surface area contributed by atoms with Crippen molar-refractivity contribution in [2.75, 3.05) is 13.1 Å². The quantitative estimate of drug-likeness (QED) is 0.945. The van der Waals surface area contributed by atoms with Crippen LogP contribution in [0.25, 0.3) is 11.5 Å². The number of amides is 1. The number of carbonyl (C=O) groups is 1. The minimum absolute atomic E-state index is 0.0594. The Morgan fingerprint density at radius 1 is 1.35 bits per heavy atom. The van der Waals surface area contributed by atoms with Gasteiger partial charge in [-0.15, -0.1) is 0 Å². The highest BCUT2D eigenvalue weighted by molar-refractivity contribution is 5.95. The van der Waals surface area contributed by atoms with Crippen LogP contribution in [0.1, 0.15) is 35.8 Å². The van der Waals surface area contributed by atoms with E-state index in [4.69, 9.17) is 10.2 Å². The molecule has 1 atom stereocenters. The van der Waals surface area contributed by atoms with Crippen LogP contribution >= 0.6 is 0 Å². The lowest BCUT2D eigenvalue weighted by atomic mass is 9.90. The number of rotatable bonds is 3. The van der Waals surface area contributed by atoms with Gasteiger partial charge in [0, 0.05) is 19.1 Å². The lowest BCUT2D eigenvalue weighted by molar-refractivity contribution is 0.0680. The average molecular weight is 313 g/mol. The minimum Gasteiger partial charge on any atom is -0.463 e. The van der Waals surface area contributed by atoms with Gasteiger partial charge in [-0.3, -0.25) is 4.79 Å². The van der Waals surface area contributed by atoms with Gasteiger partial charge < -0.3 is 15.1 Å². The summed E-state index contributed by atoms with van der Waals surface area (Å²) in [7, 11) is 0. The summed E-state index contributed by atoms with van der Waals surface area (Å²) in [6.45, 7) is 5.45. The van der Waals surface area contributed by atoms with Crippen LogP contribution in [-0.4, -0.2) is 34.9 Å². The lowest BCUT2D eigenvalue weighted by Gasteiger charge is -2.34. The van der Waals surface area contributed by atoms with E-state index in [0.29, 0.717) is 17.2 Å². The summed E-state index contributed by atoms with van der Waals surface area (Å²) in [6.07, 6.45) is 3.56. The molecule has 5 nitrogen and oxygen atoms in total. The predicted molar refractivity (Wildman–Crippen MR) is 89.0 cm³/mol. The Bertz CT molecular complexity index is 672. The average Bonchev–Trinajstić information content (AvgIpc) is 3.08. The van der Waals surface area contributed by atoms with Crippen molar-refractivity contribution in [3.63, 3.8) is 0 Å². The van der Waals surface area contributed by atoms with Crippen molar-refractivity contribution in [3.8, 4) is 11.5 Å². The fourth-order valence-corrected chi connectivity index (χ4v) is 3.15. The monoisotopic (exact) mass is 313 g/mol. The molecule has 3 rings (SSSR count). The van der Waals surface area contributed by atoms with Crippen LogP contribution in [0.15, 0.2) is 34.9 Å². The molecule has 0 radical (unpaired) electrons. The summed E-state index contributed by atoms with van der Waals surface area (Å²) in [4.78, 5) is 19.2. The summed E-state index contributed by atoms with van der Waals surface area (Å²) < 4.78 is 5.36. The van der Waals surface area contributed by atoms with Crippen LogP contribution in [0.4, 0.5) is 0 Å². The molecule has 0 aliphatic carbocycles. The molecule has 2 N–H and O–H groups in total. The van der Waals surface area contributed by atoms with Crippen molar-refractivity contribution < 1.29 is 9.21 Å². The van der Waals surface area contributed by atoms with Crippen molar-refractivity contribution >= 4 is 5.91 Å². The highest BCUT2D eigenvalue weighted by atomic mass is 16.3. The van der Waals surface area contributed by atoms with Gasteiger partial charge in [-0.25, -0.2) is 4.98 Å². The zero-order chi connectivity index (χ0) is 16.4. The fraction of sp³-hybridized carbons (Fsp3) is 0.444. The first-order chi connectivity index (χ1) is 11.1. The molecule has 1 unspecified atom stereocenters. The molecule has 1 amide bonds. The number of carbonyl (C=O) groups excluding carboxylic acids is 1. The van der Waals surface area contributed by atoms with Gasteiger partial charge in [0.2, 0.25) is 0 Å². The summed E-state index contributed by atoms with van der Waals surface area (Å²) in [6, 6.07) is 7.58. The van der Waals surface area contributed by atoms with E-state index in [-0.39, 0.29) is 11.9 Å². The second-order valence-corrected chi connectivity index (χ2v) is 6.30. The van der Waals surface area contributed by atoms with Crippen molar-refractivity contribution in [1.29, 1.82) is 0 Å². The van der Waals surface area contributed by atoms with Gasteiger partial charge in [0.1, 0.15) is 5.69 Å². The third kappa shape index (κ3) is 3.29. The molecule has 1 aliphatic rings. The molecule has 0 aromatic carbocycles. The van der Waals surface area contributed by atoms with Crippen molar-refractivity contribution in [2.24, 2.45) is 11.7 Å². The predicted octanol–water partition coefficient (Wildman–Crippen LogP) is 2.85. The van der Waals surface area contributed by atoms with Gasteiger partial charge >= 0.3 is 0 Å².